The first-order valence-corrected chi connectivity index (χ1v) is 8.85. The van der Waals surface area contributed by atoms with Crippen LogP contribution >= 0.6 is 0 Å². The minimum atomic E-state index is -3.53. The number of rotatable bonds is 4. The summed E-state index contributed by atoms with van der Waals surface area (Å²) in [5.74, 6) is 0.555. The van der Waals surface area contributed by atoms with Gasteiger partial charge in [-0.1, -0.05) is 19.1 Å². The van der Waals surface area contributed by atoms with E-state index >= 15 is 0 Å². The minimum Gasteiger partial charge on any atom is -0.295 e. The molecule has 116 valence electrons. The van der Waals surface area contributed by atoms with Crippen molar-refractivity contribution in [2.75, 3.05) is 7.05 Å². The molecule has 0 radical (unpaired) electrons. The number of carbonyl (C=O) groups is 1. The molecule has 0 N–H and O–H groups in total. The van der Waals surface area contributed by atoms with Crippen LogP contribution in [0, 0.1) is 5.92 Å². The molecule has 0 bridgehead atoms. The van der Waals surface area contributed by atoms with Crippen LogP contribution in [0.3, 0.4) is 0 Å². The summed E-state index contributed by atoms with van der Waals surface area (Å²) in [5.41, 5.74) is 0.432. The molecule has 4 nitrogen and oxygen atoms in total. The number of benzene rings is 1. The number of nitrogens with zero attached hydrogens (tertiary/aromatic N) is 1. The number of Topliss-reactive ketones (excluding diaryl/α,β-unsaturated/α-hetero) is 1. The minimum absolute atomic E-state index is 0.0622. The summed E-state index contributed by atoms with van der Waals surface area (Å²) >= 11 is 0. The fraction of sp³-hybridized carbons (Fsp3) is 0.562. The molecular formula is C16H23NO3S. The second-order valence-electron chi connectivity index (χ2n) is 6.02. The second kappa shape index (κ2) is 6.28. The van der Waals surface area contributed by atoms with E-state index in [0.717, 1.165) is 25.7 Å². The largest absolute Gasteiger partial charge is 0.295 e. The third kappa shape index (κ3) is 3.52. The van der Waals surface area contributed by atoms with Crippen LogP contribution in [0.5, 0.6) is 0 Å². The van der Waals surface area contributed by atoms with E-state index in [0.29, 0.717) is 11.5 Å². The van der Waals surface area contributed by atoms with E-state index in [1.165, 1.54) is 17.3 Å². The molecule has 0 spiro atoms. The Morgan fingerprint density at radius 3 is 2.38 bits per heavy atom. The summed E-state index contributed by atoms with van der Waals surface area (Å²) in [5, 5.41) is 0. The first kappa shape index (κ1) is 16.2. The van der Waals surface area contributed by atoms with Crippen molar-refractivity contribution in [3.63, 3.8) is 0 Å². The van der Waals surface area contributed by atoms with Crippen molar-refractivity contribution in [1.29, 1.82) is 0 Å². The average Bonchev–Trinajstić information content (AvgIpc) is 2.47. The first-order valence-electron chi connectivity index (χ1n) is 7.41. The molecule has 0 aliphatic heterocycles. The van der Waals surface area contributed by atoms with Gasteiger partial charge in [0.25, 0.3) is 0 Å². The lowest BCUT2D eigenvalue weighted by molar-refractivity contribution is 0.101. The van der Waals surface area contributed by atoms with Crippen LogP contribution in [-0.2, 0) is 10.0 Å². The maximum Gasteiger partial charge on any atom is 0.243 e. The zero-order chi connectivity index (χ0) is 15.6. The molecule has 5 heteroatoms. The van der Waals surface area contributed by atoms with E-state index in [1.54, 1.807) is 25.2 Å². The molecule has 0 atom stereocenters. The van der Waals surface area contributed by atoms with Crippen LogP contribution in [0.1, 0.15) is 49.9 Å². The SMILES string of the molecule is CC(=O)c1cccc(S(=O)(=O)N(C)C2CCC(C)CC2)c1. The zero-order valence-corrected chi connectivity index (χ0v) is 13.7. The first-order chi connectivity index (χ1) is 9.82. The van der Waals surface area contributed by atoms with E-state index in [2.05, 4.69) is 6.92 Å². The van der Waals surface area contributed by atoms with E-state index in [-0.39, 0.29) is 16.7 Å². The van der Waals surface area contributed by atoms with Gasteiger partial charge in [-0.15, -0.1) is 0 Å². The summed E-state index contributed by atoms with van der Waals surface area (Å²) in [6.07, 6.45) is 3.95. The molecule has 21 heavy (non-hydrogen) atoms. The van der Waals surface area contributed by atoms with Gasteiger partial charge in [0, 0.05) is 18.7 Å². The highest BCUT2D eigenvalue weighted by Crippen LogP contribution is 2.29. The quantitative estimate of drug-likeness (QED) is 0.803. The molecule has 0 heterocycles. The predicted octanol–water partition coefficient (Wildman–Crippen LogP) is 3.09. The van der Waals surface area contributed by atoms with Gasteiger partial charge < -0.3 is 0 Å². The molecule has 1 saturated carbocycles. The topological polar surface area (TPSA) is 54.5 Å². The van der Waals surface area contributed by atoms with Gasteiger partial charge in [-0.05, 0) is 50.7 Å². The molecule has 1 fully saturated rings. The van der Waals surface area contributed by atoms with Gasteiger partial charge >= 0.3 is 0 Å². The van der Waals surface area contributed by atoms with Gasteiger partial charge in [0.2, 0.25) is 10.0 Å². The number of carbonyl (C=O) groups excluding carboxylic acids is 1. The molecule has 0 unspecified atom stereocenters. The molecular weight excluding hydrogens is 286 g/mol. The third-order valence-electron chi connectivity index (χ3n) is 4.42. The molecule has 0 saturated heterocycles. The highest BCUT2D eigenvalue weighted by molar-refractivity contribution is 7.89. The van der Waals surface area contributed by atoms with Gasteiger partial charge in [-0.25, -0.2) is 8.42 Å². The zero-order valence-electron chi connectivity index (χ0n) is 12.9. The van der Waals surface area contributed by atoms with Crippen LogP contribution in [0.15, 0.2) is 29.2 Å². The van der Waals surface area contributed by atoms with Crippen LogP contribution in [0.2, 0.25) is 0 Å². The number of sulfonamides is 1. The van der Waals surface area contributed by atoms with Crippen molar-refractivity contribution in [2.45, 2.75) is 50.5 Å². The third-order valence-corrected chi connectivity index (χ3v) is 6.32. The van der Waals surface area contributed by atoms with Crippen molar-refractivity contribution in [1.82, 2.24) is 4.31 Å². The summed E-state index contributed by atoms with van der Waals surface area (Å²) < 4.78 is 26.9. The monoisotopic (exact) mass is 309 g/mol. The summed E-state index contributed by atoms with van der Waals surface area (Å²) in [7, 11) is -1.88. The van der Waals surface area contributed by atoms with Crippen LogP contribution in [0.25, 0.3) is 0 Å². The molecule has 0 aromatic heterocycles. The van der Waals surface area contributed by atoms with Crippen molar-refractivity contribution in [3.8, 4) is 0 Å². The van der Waals surface area contributed by atoms with Gasteiger partial charge in [0.05, 0.1) is 4.90 Å². The van der Waals surface area contributed by atoms with E-state index in [4.69, 9.17) is 0 Å². The van der Waals surface area contributed by atoms with Crippen molar-refractivity contribution in [2.24, 2.45) is 5.92 Å². The van der Waals surface area contributed by atoms with Gasteiger partial charge in [0.15, 0.2) is 5.78 Å². The van der Waals surface area contributed by atoms with Crippen molar-refractivity contribution >= 4 is 15.8 Å². The van der Waals surface area contributed by atoms with Gasteiger partial charge in [-0.2, -0.15) is 4.31 Å². The lowest BCUT2D eigenvalue weighted by Crippen LogP contribution is -2.39. The molecule has 0 amide bonds. The Kier molecular flexibility index (Phi) is 4.84. The molecule has 1 aliphatic rings. The highest BCUT2D eigenvalue weighted by atomic mass is 32.2. The number of hydrogen-bond donors (Lipinski definition) is 0. The number of ketones is 1. The van der Waals surface area contributed by atoms with Crippen LogP contribution in [0.4, 0.5) is 0 Å². The fourth-order valence-corrected chi connectivity index (χ4v) is 4.31. The maximum absolute atomic E-state index is 12.7. The number of hydrogen-bond acceptors (Lipinski definition) is 3. The maximum atomic E-state index is 12.7. The normalized spacial score (nSPS) is 23.2. The summed E-state index contributed by atoms with van der Waals surface area (Å²) in [6, 6.07) is 6.36. The Morgan fingerprint density at radius 2 is 1.81 bits per heavy atom. The Balaban J connectivity index is 2.25. The van der Waals surface area contributed by atoms with Crippen molar-refractivity contribution in [3.05, 3.63) is 29.8 Å². The standard InChI is InChI=1S/C16H23NO3S/c1-12-7-9-15(10-8-12)17(3)21(19,20)16-6-4-5-14(11-16)13(2)18/h4-6,11-12,15H,7-10H2,1-3H3. The molecule has 1 aliphatic carbocycles. The molecule has 1 aromatic carbocycles. The lowest BCUT2D eigenvalue weighted by Gasteiger charge is -2.32. The Morgan fingerprint density at radius 1 is 1.19 bits per heavy atom. The predicted molar refractivity (Wildman–Crippen MR) is 82.8 cm³/mol. The summed E-state index contributed by atoms with van der Waals surface area (Å²) in [6.45, 7) is 3.65. The van der Waals surface area contributed by atoms with Crippen LogP contribution < -0.4 is 0 Å². The van der Waals surface area contributed by atoms with Gasteiger partial charge in [-0.3, -0.25) is 4.79 Å². The lowest BCUT2D eigenvalue weighted by atomic mass is 9.87. The van der Waals surface area contributed by atoms with E-state index in [1.807, 2.05) is 0 Å². The average molecular weight is 309 g/mol. The van der Waals surface area contributed by atoms with E-state index in [9.17, 15) is 13.2 Å². The molecule has 2 rings (SSSR count). The molecule has 1 aromatic rings. The van der Waals surface area contributed by atoms with Gasteiger partial charge in [0.1, 0.15) is 0 Å². The second-order valence-corrected chi connectivity index (χ2v) is 8.02. The van der Waals surface area contributed by atoms with E-state index < -0.39 is 10.0 Å². The van der Waals surface area contributed by atoms with Crippen molar-refractivity contribution < 1.29 is 13.2 Å². The summed E-state index contributed by atoms with van der Waals surface area (Å²) in [4.78, 5) is 11.6. The van der Waals surface area contributed by atoms with Crippen LogP contribution in [-0.4, -0.2) is 31.6 Å². The Bertz CT molecular complexity index is 616. The highest BCUT2D eigenvalue weighted by Gasteiger charge is 2.30. The Labute approximate surface area is 127 Å². The Hall–Kier alpha value is -1.20. The fourth-order valence-electron chi connectivity index (χ4n) is 2.84. The smallest absolute Gasteiger partial charge is 0.243 e.